The maximum absolute atomic E-state index is 11.5. The van der Waals surface area contributed by atoms with Gasteiger partial charge in [0.25, 0.3) is 0 Å². The van der Waals surface area contributed by atoms with Gasteiger partial charge in [-0.05, 0) is 43.2 Å². The number of rotatable bonds is 6. The Morgan fingerprint density at radius 1 is 1.00 bits per heavy atom. The number of aldehydes is 1. The van der Waals surface area contributed by atoms with E-state index in [9.17, 15) is 9.90 Å². The summed E-state index contributed by atoms with van der Waals surface area (Å²) in [7, 11) is 1.00. The van der Waals surface area contributed by atoms with Crippen LogP contribution in [-0.4, -0.2) is 65.1 Å². The third kappa shape index (κ3) is 4.36. The first-order valence-corrected chi connectivity index (χ1v) is 12.8. The van der Waals surface area contributed by atoms with Crippen LogP contribution in [0.25, 0.3) is 22.2 Å². The lowest BCUT2D eigenvalue weighted by Crippen LogP contribution is -2.72. The van der Waals surface area contributed by atoms with Gasteiger partial charge in [0.1, 0.15) is 12.0 Å². The lowest BCUT2D eigenvalue weighted by atomic mass is 9.72. The van der Waals surface area contributed by atoms with Gasteiger partial charge >= 0.3 is 0 Å². The minimum absolute atomic E-state index is 0.175. The molecule has 2 aromatic carbocycles. The number of phenolic OH excluding ortho intramolecular Hbond substituents is 1. The highest BCUT2D eigenvalue weighted by Crippen LogP contribution is 2.45. The minimum Gasteiger partial charge on any atom is -0.507 e. The summed E-state index contributed by atoms with van der Waals surface area (Å²) >= 11 is 0. The van der Waals surface area contributed by atoms with E-state index in [1.807, 2.05) is 39.0 Å². The summed E-state index contributed by atoms with van der Waals surface area (Å²) in [6.45, 7) is 9.86. The summed E-state index contributed by atoms with van der Waals surface area (Å²) in [5, 5.41) is 31.2. The Kier molecular flexibility index (Phi) is 6.79. The van der Waals surface area contributed by atoms with E-state index >= 15 is 0 Å². The molecule has 0 bridgehead atoms. The van der Waals surface area contributed by atoms with Crippen molar-refractivity contribution in [2.75, 3.05) is 43.1 Å². The predicted octanol–water partition coefficient (Wildman–Crippen LogP) is 4.17. The molecule has 0 saturated carbocycles. The maximum atomic E-state index is 11.5. The number of carbonyl (C=O) groups excluding carboxylic acids is 1. The number of nitrogens with zero attached hydrogens (tertiary/aromatic N) is 5. The molecular weight excluding hydrogens is 482 g/mol. The largest absolute Gasteiger partial charge is 0.507 e. The number of hydrogen-bond donors (Lipinski definition) is 2. The van der Waals surface area contributed by atoms with Gasteiger partial charge in [-0.25, -0.2) is 0 Å². The fourth-order valence-electron chi connectivity index (χ4n) is 5.57. The molecule has 198 valence electrons. The Morgan fingerprint density at radius 2 is 1.71 bits per heavy atom. The number of hydrogen-bond acceptors (Lipinski definition) is 9. The average molecular weight is 516 g/mol. The molecule has 2 saturated heterocycles. The van der Waals surface area contributed by atoms with Crippen molar-refractivity contribution < 1.29 is 19.5 Å². The summed E-state index contributed by atoms with van der Waals surface area (Å²) in [6.07, 6.45) is 0.962. The van der Waals surface area contributed by atoms with E-state index in [0.717, 1.165) is 67.5 Å². The second kappa shape index (κ2) is 10.1. The van der Waals surface area contributed by atoms with Crippen LogP contribution in [-0.2, 0) is 4.79 Å². The van der Waals surface area contributed by atoms with Gasteiger partial charge in [0, 0.05) is 60.9 Å². The van der Waals surface area contributed by atoms with Crippen molar-refractivity contribution in [3.05, 3.63) is 59.9 Å². The first-order valence-electron chi connectivity index (χ1n) is 12.8. The van der Waals surface area contributed by atoms with Gasteiger partial charge in [0.2, 0.25) is 0 Å². The molecule has 2 aliphatic rings. The van der Waals surface area contributed by atoms with Gasteiger partial charge in [-0.1, -0.05) is 37.2 Å². The van der Waals surface area contributed by atoms with Crippen LogP contribution in [0.5, 0.6) is 5.75 Å². The molecule has 2 fully saturated rings. The van der Waals surface area contributed by atoms with Crippen LogP contribution in [0.15, 0.2) is 53.1 Å². The van der Waals surface area contributed by atoms with Gasteiger partial charge < -0.3 is 29.3 Å². The molecule has 9 heteroatoms. The fraction of sp³-hybridized carbons (Fsp3) is 0.379. The molecule has 9 nitrogen and oxygen atoms in total. The number of phenols is 1. The highest BCUT2D eigenvalue weighted by atomic mass is 16.5. The van der Waals surface area contributed by atoms with Crippen LogP contribution in [0, 0.1) is 18.3 Å². The Balaban J connectivity index is 0.00000144. The number of fused-ring (bicyclic) bond motifs is 1. The summed E-state index contributed by atoms with van der Waals surface area (Å²) < 4.78 is 5.60. The van der Waals surface area contributed by atoms with Gasteiger partial charge in [-0.15, -0.1) is 10.2 Å². The van der Waals surface area contributed by atoms with Crippen molar-refractivity contribution in [1.82, 2.24) is 15.4 Å². The number of para-hydroxylation sites is 1. The molecule has 2 aromatic heterocycles. The second-order valence-electron chi connectivity index (χ2n) is 10.6. The van der Waals surface area contributed by atoms with Gasteiger partial charge in [-0.3, -0.25) is 0 Å². The quantitative estimate of drug-likeness (QED) is 0.365. The van der Waals surface area contributed by atoms with Crippen LogP contribution < -0.4 is 9.80 Å². The Hall–Kier alpha value is -3.98. The van der Waals surface area contributed by atoms with E-state index in [-0.39, 0.29) is 23.0 Å². The number of aromatic nitrogens is 3. The minimum atomic E-state index is -0.258. The van der Waals surface area contributed by atoms with Crippen molar-refractivity contribution in [2.24, 2.45) is 11.3 Å². The second-order valence-corrected chi connectivity index (χ2v) is 10.6. The van der Waals surface area contributed by atoms with Crippen molar-refractivity contribution in [3.8, 4) is 17.0 Å². The molecule has 0 amide bonds. The van der Waals surface area contributed by atoms with Crippen molar-refractivity contribution in [3.63, 3.8) is 0 Å². The maximum Gasteiger partial charge on any atom is 0.175 e. The molecule has 0 radical (unpaired) electrons. The molecule has 1 atom stereocenters. The molecule has 0 aliphatic carbocycles. The highest BCUT2D eigenvalue weighted by molar-refractivity contribution is 5.85. The highest BCUT2D eigenvalue weighted by Gasteiger charge is 2.53. The van der Waals surface area contributed by atoms with Crippen LogP contribution in [0.4, 0.5) is 11.5 Å². The Bertz CT molecular complexity index is 1450. The van der Waals surface area contributed by atoms with Crippen LogP contribution in [0.1, 0.15) is 31.1 Å². The lowest BCUT2D eigenvalue weighted by molar-refractivity contribution is -0.110. The van der Waals surface area contributed by atoms with Crippen LogP contribution in [0.2, 0.25) is 0 Å². The summed E-state index contributed by atoms with van der Waals surface area (Å²) in [5.41, 5.74) is 4.54. The first-order chi connectivity index (χ1) is 18.4. The van der Waals surface area contributed by atoms with Crippen molar-refractivity contribution in [2.45, 2.75) is 26.7 Å². The molecule has 4 heterocycles. The zero-order valence-electron chi connectivity index (χ0n) is 22.1. The third-order valence-corrected chi connectivity index (χ3v) is 7.62. The number of anilines is 2. The van der Waals surface area contributed by atoms with E-state index in [1.54, 1.807) is 12.1 Å². The smallest absolute Gasteiger partial charge is 0.175 e. The molecule has 6 rings (SSSR count). The van der Waals surface area contributed by atoms with Gasteiger partial charge in [0.15, 0.2) is 11.6 Å². The Labute approximate surface area is 221 Å². The van der Waals surface area contributed by atoms with E-state index in [0.29, 0.717) is 17.0 Å². The summed E-state index contributed by atoms with van der Waals surface area (Å²) in [5.74, 6) is 1.67. The number of aromatic hydroxyl groups is 1. The van der Waals surface area contributed by atoms with Gasteiger partial charge in [-0.2, -0.15) is 0 Å². The topological polar surface area (TPSA) is 116 Å². The van der Waals surface area contributed by atoms with E-state index in [1.165, 1.54) is 0 Å². The zero-order valence-corrected chi connectivity index (χ0v) is 22.1. The fourth-order valence-corrected chi connectivity index (χ4v) is 5.57. The monoisotopic (exact) mass is 515 g/mol. The molecule has 2 N–H and O–H groups in total. The van der Waals surface area contributed by atoms with Crippen molar-refractivity contribution in [1.29, 1.82) is 0 Å². The lowest BCUT2D eigenvalue weighted by Gasteiger charge is -2.61. The zero-order chi connectivity index (χ0) is 27.0. The molecular formula is C29H33N5O4. The molecule has 2 aliphatic heterocycles. The molecule has 38 heavy (non-hydrogen) atoms. The first kappa shape index (κ1) is 25.7. The molecule has 1 spiro atoms. The van der Waals surface area contributed by atoms with Crippen LogP contribution >= 0.6 is 0 Å². The number of carbonyl (C=O) groups is 1. The summed E-state index contributed by atoms with van der Waals surface area (Å²) in [4.78, 5) is 16.2. The number of aliphatic hydroxyl groups excluding tert-OH is 1. The standard InChI is InChI=1S/C28H29N5O3.CH4O/c1-17(2)22(12-34)26-18(3)27(31-36-26)33-15-28(16-33)13-32(14-28)20-9-8-19-10-24(30-29-23(19)11-20)21-6-4-5-7-25(21)35;1-2/h4-12,17,22,35H,13-16H2,1-3H3;2H,1H3. The van der Waals surface area contributed by atoms with Gasteiger partial charge in [0.05, 0.1) is 17.1 Å². The third-order valence-electron chi connectivity index (χ3n) is 7.62. The number of benzene rings is 2. The molecule has 1 unspecified atom stereocenters. The van der Waals surface area contributed by atoms with E-state index in [4.69, 9.17) is 9.63 Å². The predicted molar refractivity (Wildman–Crippen MR) is 147 cm³/mol. The number of aliphatic hydroxyl groups is 1. The SMILES string of the molecule is CO.Cc1c(N2CC3(CN(c4ccc5cc(-c6ccccc6O)nnc5c4)C3)C2)noc1C(C=O)C(C)C. The Morgan fingerprint density at radius 3 is 2.39 bits per heavy atom. The summed E-state index contributed by atoms with van der Waals surface area (Å²) in [6, 6.07) is 15.4. The molecule has 4 aromatic rings. The normalized spacial score (nSPS) is 16.6. The van der Waals surface area contributed by atoms with E-state index < -0.39 is 0 Å². The average Bonchev–Trinajstić information content (AvgIpc) is 3.24. The van der Waals surface area contributed by atoms with Crippen molar-refractivity contribution >= 4 is 28.7 Å². The van der Waals surface area contributed by atoms with E-state index in [2.05, 4.69) is 43.4 Å². The van der Waals surface area contributed by atoms with Crippen LogP contribution in [0.3, 0.4) is 0 Å².